The van der Waals surface area contributed by atoms with Crippen LogP contribution in [-0.4, -0.2) is 37.9 Å². The molecule has 1 aliphatic heterocycles. The van der Waals surface area contributed by atoms with Crippen molar-refractivity contribution < 1.29 is 9.47 Å². The Morgan fingerprint density at radius 1 is 1.27 bits per heavy atom. The van der Waals surface area contributed by atoms with Crippen LogP contribution in [0.2, 0.25) is 0 Å². The van der Waals surface area contributed by atoms with Crippen LogP contribution in [0.15, 0.2) is 23.2 Å². The average molecular weight is 437 g/mol. The Balaban J connectivity index is 0.00000242. The van der Waals surface area contributed by atoms with Gasteiger partial charge in [0.25, 0.3) is 0 Å². The number of ether oxygens (including phenoxy) is 2. The van der Waals surface area contributed by atoms with Gasteiger partial charge < -0.3 is 20.1 Å². The van der Waals surface area contributed by atoms with Gasteiger partial charge >= 0.3 is 0 Å². The molecule has 0 fully saturated rings. The second-order valence-electron chi connectivity index (χ2n) is 4.66. The van der Waals surface area contributed by atoms with E-state index in [0.29, 0.717) is 13.3 Å². The van der Waals surface area contributed by atoms with Crippen molar-refractivity contribution in [3.05, 3.63) is 23.8 Å². The Bertz CT molecular complexity index is 486. The molecule has 0 saturated carbocycles. The van der Waals surface area contributed by atoms with Gasteiger partial charge in [-0.15, -0.1) is 24.0 Å². The van der Waals surface area contributed by atoms with E-state index in [-0.39, 0.29) is 24.0 Å². The van der Waals surface area contributed by atoms with Crippen LogP contribution in [0.5, 0.6) is 11.5 Å². The van der Waals surface area contributed by atoms with Gasteiger partial charge in [0.15, 0.2) is 17.5 Å². The number of thioether (sulfide) groups is 1. The summed E-state index contributed by atoms with van der Waals surface area (Å²) in [6.07, 6.45) is 3.26. The number of rotatable bonds is 7. The third-order valence-corrected chi connectivity index (χ3v) is 3.72. The zero-order chi connectivity index (χ0) is 14.9. The van der Waals surface area contributed by atoms with Crippen molar-refractivity contribution in [1.29, 1.82) is 0 Å². The minimum Gasteiger partial charge on any atom is -0.454 e. The summed E-state index contributed by atoms with van der Waals surface area (Å²) in [5, 5.41) is 6.61. The first kappa shape index (κ1) is 19.2. The number of fused-ring (bicyclic) bond motifs is 1. The first-order chi connectivity index (χ1) is 10.3. The van der Waals surface area contributed by atoms with E-state index in [1.807, 2.05) is 30.0 Å². The van der Waals surface area contributed by atoms with Gasteiger partial charge in [-0.1, -0.05) is 6.07 Å². The highest BCUT2D eigenvalue weighted by atomic mass is 127. The monoisotopic (exact) mass is 437 g/mol. The zero-order valence-corrected chi connectivity index (χ0v) is 16.2. The Morgan fingerprint density at radius 2 is 2.09 bits per heavy atom. The molecule has 0 unspecified atom stereocenters. The minimum atomic E-state index is 0. The average Bonchev–Trinajstić information content (AvgIpc) is 2.96. The predicted octanol–water partition coefficient (Wildman–Crippen LogP) is 2.84. The molecular formula is C15H24IN3O2S. The minimum absolute atomic E-state index is 0. The normalized spacial score (nSPS) is 12.7. The zero-order valence-electron chi connectivity index (χ0n) is 13.1. The SMILES string of the molecule is CCNC(=NCc1ccc2c(c1)OCO2)NCCCSC.I. The lowest BCUT2D eigenvalue weighted by molar-refractivity contribution is 0.174. The first-order valence-corrected chi connectivity index (χ1v) is 8.62. The number of nitrogens with one attached hydrogen (secondary N) is 2. The van der Waals surface area contributed by atoms with Gasteiger partial charge in [0.2, 0.25) is 6.79 Å². The van der Waals surface area contributed by atoms with Gasteiger partial charge in [0.05, 0.1) is 6.54 Å². The van der Waals surface area contributed by atoms with Gasteiger partial charge in [-0.3, -0.25) is 0 Å². The van der Waals surface area contributed by atoms with Gasteiger partial charge in [-0.2, -0.15) is 11.8 Å². The summed E-state index contributed by atoms with van der Waals surface area (Å²) in [5.74, 6) is 3.64. The maximum absolute atomic E-state index is 5.38. The molecule has 1 aromatic carbocycles. The van der Waals surface area contributed by atoms with E-state index in [1.54, 1.807) is 0 Å². The van der Waals surface area contributed by atoms with Gasteiger partial charge in [0.1, 0.15) is 0 Å². The standard InChI is InChI=1S/C15H23N3O2S.HI/c1-3-16-15(17-7-4-8-21-2)18-10-12-5-6-13-14(9-12)20-11-19-13;/h5-6,9H,3-4,7-8,10-11H2,1-2H3,(H2,16,17,18);1H. The largest absolute Gasteiger partial charge is 0.454 e. The molecule has 1 aliphatic rings. The van der Waals surface area contributed by atoms with Crippen LogP contribution in [-0.2, 0) is 6.54 Å². The second-order valence-corrected chi connectivity index (χ2v) is 5.64. The molecule has 22 heavy (non-hydrogen) atoms. The van der Waals surface area contributed by atoms with Gasteiger partial charge in [-0.05, 0) is 43.0 Å². The van der Waals surface area contributed by atoms with Crippen molar-refractivity contribution in [3.8, 4) is 11.5 Å². The molecule has 0 aromatic heterocycles. The summed E-state index contributed by atoms with van der Waals surface area (Å²) in [5.41, 5.74) is 1.11. The van der Waals surface area contributed by atoms with Crippen LogP contribution in [0, 0.1) is 0 Å². The van der Waals surface area contributed by atoms with E-state index in [0.717, 1.165) is 48.3 Å². The Hall–Kier alpha value is -0.830. The third kappa shape index (κ3) is 6.12. The van der Waals surface area contributed by atoms with Crippen molar-refractivity contribution >= 4 is 41.7 Å². The summed E-state index contributed by atoms with van der Waals surface area (Å²) in [6, 6.07) is 5.95. The van der Waals surface area contributed by atoms with Crippen LogP contribution < -0.4 is 20.1 Å². The summed E-state index contributed by atoms with van der Waals surface area (Å²) < 4.78 is 10.7. The summed E-state index contributed by atoms with van der Waals surface area (Å²) in [6.45, 7) is 4.79. The number of halogens is 1. The smallest absolute Gasteiger partial charge is 0.231 e. The van der Waals surface area contributed by atoms with E-state index < -0.39 is 0 Å². The lowest BCUT2D eigenvalue weighted by atomic mass is 10.2. The van der Waals surface area contributed by atoms with E-state index in [1.165, 1.54) is 0 Å². The highest BCUT2D eigenvalue weighted by Gasteiger charge is 2.12. The molecule has 1 aromatic rings. The molecule has 0 radical (unpaired) electrons. The summed E-state index contributed by atoms with van der Waals surface area (Å²) in [7, 11) is 0. The molecule has 5 nitrogen and oxygen atoms in total. The molecular weight excluding hydrogens is 413 g/mol. The van der Waals surface area contributed by atoms with Crippen LogP contribution in [0.25, 0.3) is 0 Å². The fourth-order valence-corrected chi connectivity index (χ4v) is 2.41. The Morgan fingerprint density at radius 3 is 2.86 bits per heavy atom. The van der Waals surface area contributed by atoms with Crippen molar-refractivity contribution in [3.63, 3.8) is 0 Å². The molecule has 0 spiro atoms. The Labute approximate surface area is 153 Å². The number of hydrogen-bond acceptors (Lipinski definition) is 4. The number of nitrogens with zero attached hydrogens (tertiary/aromatic N) is 1. The van der Waals surface area contributed by atoms with Crippen molar-refractivity contribution in [2.75, 3.05) is 31.9 Å². The van der Waals surface area contributed by atoms with Crippen molar-refractivity contribution in [2.45, 2.75) is 19.9 Å². The van der Waals surface area contributed by atoms with Crippen LogP contribution in [0.1, 0.15) is 18.9 Å². The molecule has 1 heterocycles. The predicted molar refractivity (Wildman–Crippen MR) is 104 cm³/mol. The van der Waals surface area contributed by atoms with E-state index in [4.69, 9.17) is 9.47 Å². The molecule has 7 heteroatoms. The topological polar surface area (TPSA) is 54.9 Å². The summed E-state index contributed by atoms with van der Waals surface area (Å²) >= 11 is 1.86. The molecule has 0 bridgehead atoms. The number of hydrogen-bond donors (Lipinski definition) is 2. The van der Waals surface area contributed by atoms with E-state index >= 15 is 0 Å². The van der Waals surface area contributed by atoms with E-state index in [9.17, 15) is 0 Å². The second kappa shape index (κ2) is 10.8. The van der Waals surface area contributed by atoms with Crippen LogP contribution >= 0.6 is 35.7 Å². The molecule has 0 atom stereocenters. The van der Waals surface area contributed by atoms with Crippen LogP contribution in [0.3, 0.4) is 0 Å². The highest BCUT2D eigenvalue weighted by molar-refractivity contribution is 14.0. The van der Waals surface area contributed by atoms with Gasteiger partial charge in [0, 0.05) is 13.1 Å². The number of benzene rings is 1. The lowest BCUT2D eigenvalue weighted by Crippen LogP contribution is -2.37. The fourth-order valence-electron chi connectivity index (χ4n) is 1.97. The Kier molecular flexibility index (Phi) is 9.45. The summed E-state index contributed by atoms with van der Waals surface area (Å²) in [4.78, 5) is 4.60. The van der Waals surface area contributed by atoms with Crippen LogP contribution in [0.4, 0.5) is 0 Å². The molecule has 0 amide bonds. The van der Waals surface area contributed by atoms with Crippen molar-refractivity contribution in [2.24, 2.45) is 4.99 Å². The number of aliphatic imine (C=N–C) groups is 1. The molecule has 0 saturated heterocycles. The van der Waals surface area contributed by atoms with E-state index in [2.05, 4.69) is 28.8 Å². The molecule has 124 valence electrons. The first-order valence-electron chi connectivity index (χ1n) is 7.23. The third-order valence-electron chi connectivity index (χ3n) is 3.02. The van der Waals surface area contributed by atoms with Crippen molar-refractivity contribution in [1.82, 2.24) is 10.6 Å². The fraction of sp³-hybridized carbons (Fsp3) is 0.533. The molecule has 0 aliphatic carbocycles. The molecule has 2 N–H and O–H groups in total. The quantitative estimate of drug-likeness (QED) is 0.298. The van der Waals surface area contributed by atoms with Gasteiger partial charge in [-0.25, -0.2) is 4.99 Å². The number of guanidine groups is 1. The lowest BCUT2D eigenvalue weighted by Gasteiger charge is -2.11. The maximum atomic E-state index is 5.38. The molecule has 2 rings (SSSR count). The highest BCUT2D eigenvalue weighted by Crippen LogP contribution is 2.32. The maximum Gasteiger partial charge on any atom is 0.231 e.